The number of hydrogen-bond donors (Lipinski definition) is 1. The Morgan fingerprint density at radius 2 is 1.12 bits per heavy atom. The van der Waals surface area contributed by atoms with E-state index in [2.05, 4.69) is 9.97 Å². The molecule has 0 unspecified atom stereocenters. The van der Waals surface area contributed by atoms with Gasteiger partial charge in [0.15, 0.2) is 5.65 Å². The number of carbonyl (C=O) groups is 1. The van der Waals surface area contributed by atoms with Crippen molar-refractivity contribution in [2.75, 3.05) is 126 Å². The minimum atomic E-state index is -0.496. The van der Waals surface area contributed by atoms with E-state index in [4.69, 9.17) is 47.4 Å². The predicted molar refractivity (Wildman–Crippen MR) is 224 cm³/mol. The molecule has 2 heterocycles. The average Bonchev–Trinajstić information content (AvgIpc) is 3.72. The molecule has 0 saturated heterocycles. The lowest BCUT2D eigenvalue weighted by Gasteiger charge is -2.10. The molecule has 0 fully saturated rings. The van der Waals surface area contributed by atoms with Crippen molar-refractivity contribution in [3.8, 4) is 11.4 Å². The summed E-state index contributed by atoms with van der Waals surface area (Å²) in [6.45, 7) is 10.6. The van der Waals surface area contributed by atoms with E-state index in [1.165, 1.54) is 15.2 Å². The van der Waals surface area contributed by atoms with E-state index in [1.807, 2.05) is 61.5 Å². The second-order valence-corrected chi connectivity index (χ2v) is 13.1. The van der Waals surface area contributed by atoms with E-state index >= 15 is 0 Å². The van der Waals surface area contributed by atoms with Gasteiger partial charge in [0, 0.05) is 25.3 Å². The molecule has 0 atom stereocenters. The maximum atomic E-state index is 13.4. The molecule has 2 aromatic carbocycles. The lowest BCUT2D eigenvalue weighted by Crippen LogP contribution is -2.40. The van der Waals surface area contributed by atoms with Gasteiger partial charge in [-0.25, -0.2) is 14.6 Å². The van der Waals surface area contributed by atoms with Gasteiger partial charge in [0.05, 0.1) is 119 Å². The van der Waals surface area contributed by atoms with Crippen molar-refractivity contribution in [1.29, 1.82) is 0 Å². The van der Waals surface area contributed by atoms with Crippen LogP contribution in [0, 0.1) is 0 Å². The van der Waals surface area contributed by atoms with Crippen LogP contribution >= 0.6 is 0 Å². The van der Waals surface area contributed by atoms with Crippen molar-refractivity contribution in [3.63, 3.8) is 0 Å². The van der Waals surface area contributed by atoms with Gasteiger partial charge < -0.3 is 52.4 Å². The summed E-state index contributed by atoms with van der Waals surface area (Å²) >= 11 is 0. The monoisotopic (exact) mass is 840 g/mol. The first-order chi connectivity index (χ1) is 29.5. The molecule has 0 aliphatic rings. The number of esters is 1. The fourth-order valence-corrected chi connectivity index (χ4v) is 5.58. The minimum absolute atomic E-state index is 0.105. The van der Waals surface area contributed by atoms with Crippen molar-refractivity contribution < 1.29 is 52.2 Å². The first-order valence-corrected chi connectivity index (χ1v) is 20.3. The van der Waals surface area contributed by atoms with Crippen LogP contribution in [0.1, 0.15) is 24.5 Å². The van der Waals surface area contributed by atoms with Gasteiger partial charge in [0.25, 0.3) is 5.56 Å². The lowest BCUT2D eigenvalue weighted by atomic mass is 10.1. The van der Waals surface area contributed by atoms with Crippen molar-refractivity contribution in [3.05, 3.63) is 92.6 Å². The highest BCUT2D eigenvalue weighted by Gasteiger charge is 2.18. The van der Waals surface area contributed by atoms with Gasteiger partial charge in [-0.15, -0.1) is 0 Å². The van der Waals surface area contributed by atoms with E-state index < -0.39 is 17.2 Å². The second kappa shape index (κ2) is 29.6. The Morgan fingerprint density at radius 3 is 1.60 bits per heavy atom. The van der Waals surface area contributed by atoms with Gasteiger partial charge >= 0.3 is 11.7 Å². The quantitative estimate of drug-likeness (QED) is 0.0411. The Hall–Kier alpha value is -4.56. The first kappa shape index (κ1) is 48.1. The molecule has 330 valence electrons. The van der Waals surface area contributed by atoms with Crippen LogP contribution in [-0.4, -0.2) is 151 Å². The number of nitrogens with one attached hydrogen (secondary N) is 1. The number of aromatic nitrogens is 4. The molecular weight excluding hydrogens is 780 g/mol. The van der Waals surface area contributed by atoms with Crippen molar-refractivity contribution >= 4 is 23.2 Å². The highest BCUT2D eigenvalue weighted by molar-refractivity contribution is 5.87. The lowest BCUT2D eigenvalue weighted by molar-refractivity contribution is -0.139. The summed E-state index contributed by atoms with van der Waals surface area (Å²) in [7, 11) is 1.64. The average molecular weight is 841 g/mol. The third-order valence-corrected chi connectivity index (χ3v) is 8.60. The number of hydrogen-bond acceptors (Lipinski definition) is 14. The maximum absolute atomic E-state index is 13.4. The smallest absolute Gasteiger partial charge is 0.333 e. The van der Waals surface area contributed by atoms with Crippen LogP contribution < -0.4 is 11.2 Å². The number of carbonyl (C=O) groups excluding carboxylic acids is 1. The summed E-state index contributed by atoms with van der Waals surface area (Å²) in [6, 6.07) is 16.9. The second-order valence-electron chi connectivity index (χ2n) is 13.1. The van der Waals surface area contributed by atoms with E-state index in [-0.39, 0.29) is 25.3 Å². The molecule has 2 aromatic heterocycles. The van der Waals surface area contributed by atoms with Crippen LogP contribution in [-0.2, 0) is 65.3 Å². The first-order valence-electron chi connectivity index (χ1n) is 20.3. The van der Waals surface area contributed by atoms with E-state index in [0.29, 0.717) is 130 Å². The number of methoxy groups -OCH3 is 1. The third kappa shape index (κ3) is 18.0. The van der Waals surface area contributed by atoms with Crippen LogP contribution in [0.25, 0.3) is 28.6 Å². The summed E-state index contributed by atoms with van der Waals surface area (Å²) in [5, 5.41) is 0. The van der Waals surface area contributed by atoms with Crippen LogP contribution in [0.2, 0.25) is 0 Å². The van der Waals surface area contributed by atoms with Crippen molar-refractivity contribution in [2.45, 2.75) is 26.4 Å². The molecule has 0 bridgehead atoms. The summed E-state index contributed by atoms with van der Waals surface area (Å²) in [4.78, 5) is 46.7. The van der Waals surface area contributed by atoms with E-state index in [0.717, 1.165) is 16.7 Å². The Bertz CT molecular complexity index is 1910. The van der Waals surface area contributed by atoms with Gasteiger partial charge in [0.2, 0.25) is 0 Å². The minimum Gasteiger partial charge on any atom is -0.460 e. The normalized spacial score (nSPS) is 11.6. The van der Waals surface area contributed by atoms with Crippen LogP contribution in [0.4, 0.5) is 0 Å². The highest BCUT2D eigenvalue weighted by atomic mass is 16.6. The van der Waals surface area contributed by atoms with Crippen LogP contribution in [0.3, 0.4) is 0 Å². The molecule has 1 N–H and O–H groups in total. The summed E-state index contributed by atoms with van der Waals surface area (Å²) in [5.74, 6) is -0.0385. The zero-order valence-electron chi connectivity index (χ0n) is 34.8. The van der Waals surface area contributed by atoms with Crippen molar-refractivity contribution in [2.24, 2.45) is 0 Å². The Balaban J connectivity index is 0.993. The molecule has 4 aromatic rings. The van der Waals surface area contributed by atoms with Gasteiger partial charge in [-0.3, -0.25) is 13.9 Å². The predicted octanol–water partition coefficient (Wildman–Crippen LogP) is 3.35. The Labute approximate surface area is 350 Å². The third-order valence-electron chi connectivity index (χ3n) is 8.60. The molecular formula is C43H60N4O13. The zero-order chi connectivity index (χ0) is 42.5. The number of fused-ring (bicyclic) bond motifs is 1. The molecule has 60 heavy (non-hydrogen) atoms. The number of ether oxygens (including phenoxy) is 10. The number of H-pyrrole nitrogens is 1. The molecule has 0 saturated carbocycles. The summed E-state index contributed by atoms with van der Waals surface area (Å²) in [6.07, 6.45) is 3.63. The molecule has 17 heteroatoms. The standard InChI is InChI=1S/C43H60N4O13/c1-3-15-46-42(49)39-41(47(43(46)50)34-36-7-5-4-6-8-36)45-40(44-39)37-12-9-35(10-13-37)11-14-38(48)60-33-32-59-31-30-58-29-28-57-27-26-56-25-24-55-23-22-54-21-20-53-19-18-52-17-16-51-2/h4-14H,3,15-34H2,1-2H3,(H,44,45)/b14-11+. The molecule has 0 aliphatic carbocycles. The number of aromatic amines is 1. The van der Waals surface area contributed by atoms with E-state index in [9.17, 15) is 14.4 Å². The number of rotatable bonds is 34. The van der Waals surface area contributed by atoms with Crippen LogP contribution in [0.5, 0.6) is 0 Å². The summed E-state index contributed by atoms with van der Waals surface area (Å²) < 4.78 is 56.5. The number of benzene rings is 2. The van der Waals surface area contributed by atoms with Crippen LogP contribution in [0.15, 0.2) is 70.3 Å². The zero-order valence-corrected chi connectivity index (χ0v) is 34.8. The SMILES string of the molecule is CCCn1c(=O)c2[nH]c(-c3ccc(/C=C/C(=O)OCCOCCOCCOCCOCCOCCOCCOCCOCCOC)cc3)nc2n(Cc2ccccc2)c1=O. The molecule has 0 spiro atoms. The highest BCUT2D eigenvalue weighted by Crippen LogP contribution is 2.20. The molecule has 17 nitrogen and oxygen atoms in total. The van der Waals surface area contributed by atoms with Gasteiger partial charge in [-0.05, 0) is 23.6 Å². The molecule has 0 aliphatic heterocycles. The van der Waals surface area contributed by atoms with Crippen molar-refractivity contribution in [1.82, 2.24) is 19.1 Å². The molecule has 0 radical (unpaired) electrons. The summed E-state index contributed by atoms with van der Waals surface area (Å²) in [5.41, 5.74) is 2.18. The fraction of sp³-hybridized carbons (Fsp3) is 0.535. The van der Waals surface area contributed by atoms with Gasteiger partial charge in [-0.1, -0.05) is 61.5 Å². The topological polar surface area (TPSA) is 182 Å². The molecule has 4 rings (SSSR count). The van der Waals surface area contributed by atoms with Gasteiger partial charge in [-0.2, -0.15) is 0 Å². The Morgan fingerprint density at radius 1 is 0.633 bits per heavy atom. The maximum Gasteiger partial charge on any atom is 0.333 e. The Kier molecular flexibility index (Phi) is 23.8. The number of nitrogens with zero attached hydrogens (tertiary/aromatic N) is 3. The molecule has 0 amide bonds. The largest absolute Gasteiger partial charge is 0.460 e. The number of imidazole rings is 1. The van der Waals surface area contributed by atoms with E-state index in [1.54, 1.807) is 13.2 Å². The fourth-order valence-electron chi connectivity index (χ4n) is 5.58. The van der Waals surface area contributed by atoms with Gasteiger partial charge in [0.1, 0.15) is 17.9 Å².